The van der Waals surface area contributed by atoms with E-state index in [4.69, 9.17) is 20.9 Å². The van der Waals surface area contributed by atoms with Gasteiger partial charge in [-0.1, -0.05) is 18.5 Å². The largest absolute Gasteiger partial charge is 0.379 e. The molecule has 2 aliphatic rings. The van der Waals surface area contributed by atoms with Crippen LogP contribution in [0.4, 0.5) is 0 Å². The number of ether oxygens (including phenoxy) is 1. The molecule has 1 amide bonds. The van der Waals surface area contributed by atoms with Gasteiger partial charge in [-0.2, -0.15) is 0 Å². The smallest absolute Gasteiger partial charge is 0.229 e. The third kappa shape index (κ3) is 3.54. The Morgan fingerprint density at radius 1 is 1.35 bits per heavy atom. The highest BCUT2D eigenvalue weighted by molar-refractivity contribution is 6.29. The van der Waals surface area contributed by atoms with Crippen molar-refractivity contribution in [2.45, 2.75) is 32.7 Å². The van der Waals surface area contributed by atoms with Crippen molar-refractivity contribution in [3.8, 4) is 0 Å². The van der Waals surface area contributed by atoms with E-state index in [0.29, 0.717) is 23.2 Å². The molecule has 1 aromatic heterocycles. The van der Waals surface area contributed by atoms with Gasteiger partial charge in [0, 0.05) is 37.8 Å². The summed E-state index contributed by atoms with van der Waals surface area (Å²) in [6.07, 6.45) is 1.35. The topological polar surface area (TPSA) is 58.8 Å². The van der Waals surface area contributed by atoms with E-state index in [2.05, 4.69) is 17.0 Å². The maximum Gasteiger partial charge on any atom is 0.229 e. The van der Waals surface area contributed by atoms with E-state index in [-0.39, 0.29) is 17.5 Å². The lowest BCUT2D eigenvalue weighted by molar-refractivity contribution is -0.129. The number of carbonyl (C=O) groups is 1. The molecule has 6 nitrogen and oxygen atoms in total. The number of morpholine rings is 1. The molecule has 2 aliphatic heterocycles. The van der Waals surface area contributed by atoms with Gasteiger partial charge in [-0.25, -0.2) is 0 Å². The summed E-state index contributed by atoms with van der Waals surface area (Å²) >= 11 is 5.98. The van der Waals surface area contributed by atoms with Crippen LogP contribution in [0.2, 0.25) is 5.22 Å². The van der Waals surface area contributed by atoms with Crippen LogP contribution in [0.1, 0.15) is 24.6 Å². The van der Waals surface area contributed by atoms with Crippen LogP contribution in [0, 0.1) is 12.8 Å². The Kier molecular flexibility index (Phi) is 5.24. The molecule has 2 fully saturated rings. The molecule has 0 unspecified atom stereocenters. The monoisotopic (exact) mass is 341 g/mol. The number of carbonyl (C=O) groups excluding carboxylic acids is 1. The Balaban J connectivity index is 1.65. The first-order chi connectivity index (χ1) is 11.1. The summed E-state index contributed by atoms with van der Waals surface area (Å²) < 4.78 is 10.4. The number of likely N-dealkylation sites (tertiary alicyclic amines) is 1. The van der Waals surface area contributed by atoms with Gasteiger partial charge in [-0.3, -0.25) is 9.69 Å². The van der Waals surface area contributed by atoms with E-state index in [0.717, 1.165) is 45.8 Å². The lowest BCUT2D eigenvalue weighted by Crippen LogP contribution is -2.47. The van der Waals surface area contributed by atoms with Gasteiger partial charge >= 0.3 is 0 Å². The minimum absolute atomic E-state index is 0.104. The Morgan fingerprint density at radius 2 is 2.09 bits per heavy atom. The summed E-state index contributed by atoms with van der Waals surface area (Å²) in [6, 6.07) is 0.437. The maximum absolute atomic E-state index is 12.7. The van der Waals surface area contributed by atoms with Gasteiger partial charge < -0.3 is 14.2 Å². The van der Waals surface area contributed by atoms with E-state index >= 15 is 0 Å². The van der Waals surface area contributed by atoms with E-state index in [1.807, 2.05) is 11.8 Å². The van der Waals surface area contributed by atoms with Crippen LogP contribution >= 0.6 is 11.6 Å². The van der Waals surface area contributed by atoms with Gasteiger partial charge in [0.2, 0.25) is 11.1 Å². The van der Waals surface area contributed by atoms with Crippen LogP contribution in [-0.4, -0.2) is 66.3 Å². The van der Waals surface area contributed by atoms with E-state index in [1.54, 1.807) is 0 Å². The minimum Gasteiger partial charge on any atom is -0.379 e. The van der Waals surface area contributed by atoms with E-state index in [1.165, 1.54) is 0 Å². The van der Waals surface area contributed by atoms with Gasteiger partial charge in [0.25, 0.3) is 0 Å². The van der Waals surface area contributed by atoms with Crippen molar-refractivity contribution >= 4 is 17.5 Å². The molecule has 128 valence electrons. The highest BCUT2D eigenvalue weighted by atomic mass is 35.5. The standard InChI is InChI=1S/C16H24ClN3O3/c1-3-12-9-20(10-14(12)19-4-6-22-7-5-19)15(21)8-13-11(2)18-23-16(13)17/h12,14H,3-10H2,1-2H3/t12-,14-/m0/s1. The fraction of sp³-hybridized carbons (Fsp3) is 0.750. The van der Waals surface area contributed by atoms with Crippen LogP contribution in [0.5, 0.6) is 0 Å². The second-order valence-corrected chi connectivity index (χ2v) is 6.72. The van der Waals surface area contributed by atoms with Crippen molar-refractivity contribution < 1.29 is 14.1 Å². The molecule has 2 saturated heterocycles. The average molecular weight is 342 g/mol. The summed E-state index contributed by atoms with van der Waals surface area (Å²) in [5, 5.41) is 4.04. The molecule has 0 aliphatic carbocycles. The first kappa shape index (κ1) is 16.7. The molecule has 0 N–H and O–H groups in total. The first-order valence-corrected chi connectivity index (χ1v) is 8.68. The van der Waals surface area contributed by atoms with Crippen molar-refractivity contribution in [3.05, 3.63) is 16.5 Å². The molecule has 7 heteroatoms. The van der Waals surface area contributed by atoms with Crippen LogP contribution in [0.3, 0.4) is 0 Å². The molecule has 0 spiro atoms. The molecule has 1 aromatic rings. The number of aromatic nitrogens is 1. The van der Waals surface area contributed by atoms with E-state index in [9.17, 15) is 4.79 Å². The van der Waals surface area contributed by atoms with Crippen LogP contribution in [0.25, 0.3) is 0 Å². The van der Waals surface area contributed by atoms with Gasteiger partial charge in [-0.15, -0.1) is 0 Å². The second-order valence-electron chi connectivity index (χ2n) is 6.38. The predicted molar refractivity (Wildman–Crippen MR) is 86.5 cm³/mol. The SMILES string of the molecule is CC[C@H]1CN(C(=O)Cc2c(C)noc2Cl)C[C@@H]1N1CCOCC1. The Morgan fingerprint density at radius 3 is 2.70 bits per heavy atom. The number of aryl methyl sites for hydroxylation is 1. The third-order valence-corrected chi connectivity index (χ3v) is 5.36. The zero-order valence-corrected chi connectivity index (χ0v) is 14.5. The van der Waals surface area contributed by atoms with Crippen LogP contribution in [0.15, 0.2) is 4.52 Å². The highest BCUT2D eigenvalue weighted by Gasteiger charge is 2.38. The molecule has 3 heterocycles. The fourth-order valence-corrected chi connectivity index (χ4v) is 3.84. The van der Waals surface area contributed by atoms with Crippen LogP contribution in [-0.2, 0) is 16.0 Å². The molecule has 2 atom stereocenters. The fourth-order valence-electron chi connectivity index (χ4n) is 3.60. The number of hydrogen-bond acceptors (Lipinski definition) is 5. The normalized spacial score (nSPS) is 26.0. The first-order valence-electron chi connectivity index (χ1n) is 8.30. The quantitative estimate of drug-likeness (QED) is 0.835. The summed E-state index contributed by atoms with van der Waals surface area (Å²) in [4.78, 5) is 17.1. The summed E-state index contributed by atoms with van der Waals surface area (Å²) in [7, 11) is 0. The van der Waals surface area contributed by atoms with Crippen molar-refractivity contribution in [2.24, 2.45) is 5.92 Å². The number of hydrogen-bond donors (Lipinski definition) is 0. The third-order valence-electron chi connectivity index (χ3n) is 5.06. The van der Waals surface area contributed by atoms with Crippen molar-refractivity contribution in [1.29, 1.82) is 0 Å². The molecule has 0 saturated carbocycles. The molecule has 0 bridgehead atoms. The number of nitrogens with zero attached hydrogens (tertiary/aromatic N) is 3. The Labute approximate surface area is 141 Å². The molecule has 0 radical (unpaired) electrons. The van der Waals surface area contributed by atoms with Gasteiger partial charge in [0.1, 0.15) is 0 Å². The summed E-state index contributed by atoms with van der Waals surface area (Å²) in [5.74, 6) is 0.628. The lowest BCUT2D eigenvalue weighted by atomic mass is 9.99. The minimum atomic E-state index is 0.104. The van der Waals surface area contributed by atoms with Gasteiger partial charge in [0.05, 0.1) is 25.3 Å². The average Bonchev–Trinajstić information content (AvgIpc) is 3.14. The van der Waals surface area contributed by atoms with Crippen molar-refractivity contribution in [3.63, 3.8) is 0 Å². The molecular weight excluding hydrogens is 318 g/mol. The van der Waals surface area contributed by atoms with Gasteiger partial charge in [0.15, 0.2) is 0 Å². The number of rotatable bonds is 4. The zero-order chi connectivity index (χ0) is 16.4. The molecule has 3 rings (SSSR count). The predicted octanol–water partition coefficient (Wildman–Crippen LogP) is 1.75. The summed E-state index contributed by atoms with van der Waals surface area (Å²) in [5.41, 5.74) is 1.40. The summed E-state index contributed by atoms with van der Waals surface area (Å²) in [6.45, 7) is 9.12. The zero-order valence-electron chi connectivity index (χ0n) is 13.8. The maximum atomic E-state index is 12.7. The van der Waals surface area contributed by atoms with Crippen molar-refractivity contribution in [1.82, 2.24) is 15.0 Å². The van der Waals surface area contributed by atoms with Crippen molar-refractivity contribution in [2.75, 3.05) is 39.4 Å². The van der Waals surface area contributed by atoms with Gasteiger partial charge in [-0.05, 0) is 24.4 Å². The Bertz CT molecular complexity index is 537. The number of amides is 1. The lowest BCUT2D eigenvalue weighted by Gasteiger charge is -2.34. The molecule has 0 aromatic carbocycles. The van der Waals surface area contributed by atoms with E-state index < -0.39 is 0 Å². The number of halogens is 1. The Hall–Kier alpha value is -1.11. The second kappa shape index (κ2) is 7.20. The molecule has 23 heavy (non-hydrogen) atoms. The molecular formula is C16H24ClN3O3. The van der Waals surface area contributed by atoms with Crippen LogP contribution < -0.4 is 0 Å². The highest BCUT2D eigenvalue weighted by Crippen LogP contribution is 2.27.